The highest BCUT2D eigenvalue weighted by Gasteiger charge is 2.33. The van der Waals surface area contributed by atoms with Crippen molar-refractivity contribution in [1.82, 2.24) is 15.0 Å². The molecular formula is C19H27F2N5O3S2. The van der Waals surface area contributed by atoms with Crippen LogP contribution in [0.2, 0.25) is 0 Å². The first kappa shape index (κ1) is 25.2. The van der Waals surface area contributed by atoms with Crippen LogP contribution in [0.15, 0.2) is 29.4 Å². The van der Waals surface area contributed by atoms with Crippen molar-refractivity contribution >= 4 is 33.7 Å². The van der Waals surface area contributed by atoms with Crippen LogP contribution in [0.5, 0.6) is 0 Å². The molecule has 0 radical (unpaired) electrons. The van der Waals surface area contributed by atoms with E-state index in [1.165, 1.54) is 6.07 Å². The van der Waals surface area contributed by atoms with Gasteiger partial charge in [-0.05, 0) is 24.8 Å². The maximum Gasteiger partial charge on any atom is 0.282 e. The van der Waals surface area contributed by atoms with E-state index in [9.17, 15) is 22.3 Å². The summed E-state index contributed by atoms with van der Waals surface area (Å²) in [7, 11) is -3.69. The summed E-state index contributed by atoms with van der Waals surface area (Å²) in [6.07, 6.45) is 1.53. The zero-order chi connectivity index (χ0) is 23.2. The lowest BCUT2D eigenvalue weighted by Crippen LogP contribution is -2.27. The summed E-state index contributed by atoms with van der Waals surface area (Å²) in [6, 6.07) is 5.81. The molecule has 0 aliphatic carbocycles. The van der Waals surface area contributed by atoms with Crippen LogP contribution < -0.4 is 10.0 Å². The fraction of sp³-hybridized carbons (Fsp3) is 0.526. The fourth-order valence-electron chi connectivity index (χ4n) is 2.84. The van der Waals surface area contributed by atoms with E-state index >= 15 is 0 Å². The average Bonchev–Trinajstić information content (AvgIpc) is 2.64. The van der Waals surface area contributed by atoms with Crippen LogP contribution >= 0.6 is 11.8 Å². The Balaban J connectivity index is 2.28. The van der Waals surface area contributed by atoms with Crippen molar-refractivity contribution in [2.45, 2.75) is 44.3 Å². The van der Waals surface area contributed by atoms with E-state index in [4.69, 9.17) is 0 Å². The Morgan fingerprint density at radius 3 is 2.39 bits per heavy atom. The molecule has 12 heteroatoms. The summed E-state index contributed by atoms with van der Waals surface area (Å²) in [5, 5.41) is 12.4. The van der Waals surface area contributed by atoms with E-state index in [1.54, 1.807) is 25.1 Å². The van der Waals surface area contributed by atoms with Gasteiger partial charge in [-0.15, -0.1) is 0 Å². The standard InChI is InChI=1S/C19H27F2N5O3S2/c1-12(2)9-14(10-27)22-16-23-17(26-31(4,28)29)25-18(24-16)30-11-19(20,21)15-8-6-5-7-13(15)3/h5-8,12,14,27H,9-11H2,1-4H3,(H2,22,23,24,25,26)/t14-/m1/s1. The third-order valence-corrected chi connectivity index (χ3v) is 5.62. The second-order valence-electron chi connectivity index (χ2n) is 7.60. The number of aryl methyl sites for hydroxylation is 1. The number of aromatic nitrogens is 3. The number of hydrogen-bond acceptors (Lipinski definition) is 8. The van der Waals surface area contributed by atoms with Gasteiger partial charge in [0.2, 0.25) is 21.9 Å². The molecule has 0 fully saturated rings. The van der Waals surface area contributed by atoms with Gasteiger partial charge in [0.25, 0.3) is 5.92 Å². The number of rotatable bonds is 11. The van der Waals surface area contributed by atoms with Crippen LogP contribution in [-0.2, 0) is 15.9 Å². The number of halogens is 2. The minimum atomic E-state index is -3.69. The highest BCUT2D eigenvalue weighted by Crippen LogP contribution is 2.35. The van der Waals surface area contributed by atoms with Crippen molar-refractivity contribution in [2.24, 2.45) is 5.92 Å². The molecule has 2 rings (SSSR count). The number of aliphatic hydroxyl groups is 1. The maximum absolute atomic E-state index is 14.7. The second-order valence-corrected chi connectivity index (χ2v) is 10.3. The average molecular weight is 476 g/mol. The quantitative estimate of drug-likeness (QED) is 0.424. The number of nitrogens with zero attached hydrogens (tertiary/aromatic N) is 3. The van der Waals surface area contributed by atoms with E-state index < -0.39 is 21.7 Å². The number of thioether (sulfide) groups is 1. The number of nitrogens with one attached hydrogen (secondary N) is 2. The number of anilines is 2. The normalized spacial score (nSPS) is 13.3. The minimum Gasteiger partial charge on any atom is -0.394 e. The molecule has 3 N–H and O–H groups in total. The maximum atomic E-state index is 14.7. The first-order valence-corrected chi connectivity index (χ1v) is 12.5. The predicted molar refractivity (Wildman–Crippen MR) is 118 cm³/mol. The molecule has 1 aromatic carbocycles. The molecule has 0 saturated heterocycles. The van der Waals surface area contributed by atoms with E-state index in [2.05, 4.69) is 25.0 Å². The highest BCUT2D eigenvalue weighted by molar-refractivity contribution is 7.99. The predicted octanol–water partition coefficient (Wildman–Crippen LogP) is 3.25. The van der Waals surface area contributed by atoms with Gasteiger partial charge in [-0.2, -0.15) is 15.0 Å². The Kier molecular flexibility index (Phi) is 8.55. The molecule has 8 nitrogen and oxygen atoms in total. The number of alkyl halides is 2. The van der Waals surface area contributed by atoms with Gasteiger partial charge < -0.3 is 10.4 Å². The lowest BCUT2D eigenvalue weighted by Gasteiger charge is -2.20. The van der Waals surface area contributed by atoms with Crippen molar-refractivity contribution in [3.63, 3.8) is 0 Å². The van der Waals surface area contributed by atoms with Gasteiger partial charge in [0, 0.05) is 5.56 Å². The molecule has 1 heterocycles. The minimum absolute atomic E-state index is 0.0115. The molecule has 0 amide bonds. The Labute approximate surface area is 185 Å². The molecule has 1 atom stereocenters. The van der Waals surface area contributed by atoms with Crippen molar-refractivity contribution in [3.8, 4) is 0 Å². The molecule has 31 heavy (non-hydrogen) atoms. The molecule has 0 spiro atoms. The Bertz CT molecular complexity index is 990. The number of benzene rings is 1. The van der Waals surface area contributed by atoms with Crippen LogP contribution in [-0.4, -0.2) is 53.1 Å². The fourth-order valence-corrected chi connectivity index (χ4v) is 4.03. The topological polar surface area (TPSA) is 117 Å². The van der Waals surface area contributed by atoms with Crippen molar-refractivity contribution < 1.29 is 22.3 Å². The van der Waals surface area contributed by atoms with Crippen LogP contribution in [0.1, 0.15) is 31.4 Å². The zero-order valence-corrected chi connectivity index (χ0v) is 19.4. The van der Waals surface area contributed by atoms with Gasteiger partial charge in [0.1, 0.15) is 0 Å². The van der Waals surface area contributed by atoms with Gasteiger partial charge >= 0.3 is 0 Å². The Hall–Kier alpha value is -2.05. The molecule has 1 aromatic heterocycles. The third-order valence-electron chi connectivity index (χ3n) is 4.12. The number of aliphatic hydroxyl groups excluding tert-OH is 1. The van der Waals surface area contributed by atoms with E-state index in [0.717, 1.165) is 6.26 Å². The monoisotopic (exact) mass is 475 g/mol. The molecule has 0 aliphatic rings. The van der Waals surface area contributed by atoms with Gasteiger partial charge in [0.15, 0.2) is 5.16 Å². The Morgan fingerprint density at radius 2 is 1.81 bits per heavy atom. The third kappa shape index (κ3) is 8.19. The second kappa shape index (κ2) is 10.5. The number of sulfonamides is 1. The summed E-state index contributed by atoms with van der Waals surface area (Å²) >= 11 is 0.684. The van der Waals surface area contributed by atoms with Crippen LogP contribution in [0.25, 0.3) is 0 Å². The van der Waals surface area contributed by atoms with Gasteiger partial charge in [-0.1, -0.05) is 49.9 Å². The largest absolute Gasteiger partial charge is 0.394 e. The zero-order valence-electron chi connectivity index (χ0n) is 17.8. The van der Waals surface area contributed by atoms with Gasteiger partial charge in [-0.3, -0.25) is 4.72 Å². The van der Waals surface area contributed by atoms with Crippen molar-refractivity contribution in [1.29, 1.82) is 0 Å². The molecule has 2 aromatic rings. The van der Waals surface area contributed by atoms with Gasteiger partial charge in [0.05, 0.1) is 24.7 Å². The van der Waals surface area contributed by atoms with Crippen LogP contribution in [0, 0.1) is 12.8 Å². The lowest BCUT2D eigenvalue weighted by molar-refractivity contribution is 0.0224. The Morgan fingerprint density at radius 1 is 1.16 bits per heavy atom. The van der Waals surface area contributed by atoms with E-state index in [1.807, 2.05) is 13.8 Å². The van der Waals surface area contributed by atoms with E-state index in [-0.39, 0.29) is 41.2 Å². The summed E-state index contributed by atoms with van der Waals surface area (Å²) in [4.78, 5) is 12.1. The van der Waals surface area contributed by atoms with Crippen molar-refractivity contribution in [3.05, 3.63) is 35.4 Å². The van der Waals surface area contributed by atoms with Crippen LogP contribution in [0.4, 0.5) is 20.7 Å². The van der Waals surface area contributed by atoms with Crippen LogP contribution in [0.3, 0.4) is 0 Å². The molecule has 172 valence electrons. The van der Waals surface area contributed by atoms with E-state index in [0.29, 0.717) is 23.7 Å². The first-order valence-electron chi connectivity index (χ1n) is 9.57. The van der Waals surface area contributed by atoms with Crippen molar-refractivity contribution in [2.75, 3.05) is 28.7 Å². The lowest BCUT2D eigenvalue weighted by atomic mass is 10.0. The molecule has 0 saturated carbocycles. The summed E-state index contributed by atoms with van der Waals surface area (Å²) in [6.45, 7) is 5.36. The molecule has 0 bridgehead atoms. The summed E-state index contributed by atoms with van der Waals surface area (Å²) < 4.78 is 54.8. The smallest absolute Gasteiger partial charge is 0.282 e. The molecular weight excluding hydrogens is 448 g/mol. The highest BCUT2D eigenvalue weighted by atomic mass is 32.2. The van der Waals surface area contributed by atoms with Gasteiger partial charge in [-0.25, -0.2) is 17.2 Å². The molecule has 0 aliphatic heterocycles. The summed E-state index contributed by atoms with van der Waals surface area (Å²) in [5.74, 6) is -3.83. The number of hydrogen-bond donors (Lipinski definition) is 3. The summed E-state index contributed by atoms with van der Waals surface area (Å²) in [5.41, 5.74) is 0.367. The SMILES string of the molecule is Cc1ccccc1C(F)(F)CSc1nc(N[C@@H](CO)CC(C)C)nc(NS(C)(=O)=O)n1. The first-order chi connectivity index (χ1) is 14.4. The molecule has 0 unspecified atom stereocenters.